The molecule has 1 amide bonds. The Bertz CT molecular complexity index is 1380. The number of hydrogen-bond donors (Lipinski definition) is 1. The highest BCUT2D eigenvalue weighted by molar-refractivity contribution is 6.31. The van der Waals surface area contributed by atoms with E-state index in [9.17, 15) is 19.1 Å². The van der Waals surface area contributed by atoms with Crippen molar-refractivity contribution in [3.8, 4) is 0 Å². The largest absolute Gasteiger partial charge is 0.503 e. The Labute approximate surface area is 186 Å². The molecular formula is C24H14ClFN2O4. The van der Waals surface area contributed by atoms with Crippen LogP contribution in [0.2, 0.25) is 5.02 Å². The molecule has 0 radical (unpaired) electrons. The van der Waals surface area contributed by atoms with Gasteiger partial charge in [-0.05, 0) is 42.0 Å². The fourth-order valence-electron chi connectivity index (χ4n) is 3.82. The van der Waals surface area contributed by atoms with Crippen LogP contribution >= 0.6 is 11.6 Å². The molecule has 0 saturated heterocycles. The average molecular weight is 449 g/mol. The first-order chi connectivity index (χ1) is 15.5. The first-order valence-corrected chi connectivity index (χ1v) is 9.98. The maximum absolute atomic E-state index is 13.7. The lowest BCUT2D eigenvalue weighted by atomic mass is 9.96. The summed E-state index contributed by atoms with van der Waals surface area (Å²) in [7, 11) is 0. The third-order valence-electron chi connectivity index (χ3n) is 5.28. The predicted octanol–water partition coefficient (Wildman–Crippen LogP) is 5.40. The number of Topliss-reactive ketones (excluding diaryl/α,β-unsaturated/α-hetero) is 1. The molecule has 1 aliphatic heterocycles. The van der Waals surface area contributed by atoms with E-state index in [1.165, 1.54) is 23.2 Å². The molecule has 158 valence electrons. The summed E-state index contributed by atoms with van der Waals surface area (Å²) in [6.45, 7) is 0. The molecule has 3 heterocycles. The van der Waals surface area contributed by atoms with Gasteiger partial charge in [0.25, 0.3) is 5.91 Å². The lowest BCUT2D eigenvalue weighted by molar-refractivity contribution is -0.117. The summed E-state index contributed by atoms with van der Waals surface area (Å²) in [6, 6.07) is 14.7. The summed E-state index contributed by atoms with van der Waals surface area (Å²) in [5.74, 6) is -2.86. The Morgan fingerprint density at radius 3 is 2.66 bits per heavy atom. The first kappa shape index (κ1) is 20.0. The highest BCUT2D eigenvalue weighted by atomic mass is 35.5. The van der Waals surface area contributed by atoms with Crippen LogP contribution in [0.5, 0.6) is 0 Å². The lowest BCUT2D eigenvalue weighted by Gasteiger charge is -2.26. The van der Waals surface area contributed by atoms with Crippen LogP contribution in [0.15, 0.2) is 88.8 Å². The van der Waals surface area contributed by atoms with Gasteiger partial charge < -0.3 is 9.52 Å². The molecule has 8 heteroatoms. The number of ketones is 1. The van der Waals surface area contributed by atoms with Gasteiger partial charge in [0.15, 0.2) is 11.5 Å². The monoisotopic (exact) mass is 448 g/mol. The molecule has 1 N–H and O–H groups in total. The zero-order valence-electron chi connectivity index (χ0n) is 16.3. The van der Waals surface area contributed by atoms with Crippen LogP contribution in [0.25, 0.3) is 11.0 Å². The van der Waals surface area contributed by atoms with E-state index < -0.39 is 29.3 Å². The van der Waals surface area contributed by atoms with E-state index in [-0.39, 0.29) is 22.0 Å². The lowest BCUT2D eigenvalue weighted by Crippen LogP contribution is -2.31. The van der Waals surface area contributed by atoms with Crippen LogP contribution in [0, 0.1) is 5.82 Å². The molecule has 4 aromatic rings. The van der Waals surface area contributed by atoms with Gasteiger partial charge in [-0.3, -0.25) is 19.5 Å². The molecular weight excluding hydrogens is 435 g/mol. The Morgan fingerprint density at radius 2 is 1.94 bits per heavy atom. The fourth-order valence-corrected chi connectivity index (χ4v) is 3.99. The third kappa shape index (κ3) is 3.14. The van der Waals surface area contributed by atoms with Crippen molar-refractivity contribution in [1.29, 1.82) is 0 Å². The van der Waals surface area contributed by atoms with Gasteiger partial charge >= 0.3 is 0 Å². The molecule has 0 fully saturated rings. The van der Waals surface area contributed by atoms with Crippen molar-refractivity contribution in [2.45, 2.75) is 6.04 Å². The number of furan rings is 1. The number of carbonyl (C=O) groups excluding carboxylic acids is 2. The van der Waals surface area contributed by atoms with Gasteiger partial charge in [0, 0.05) is 23.5 Å². The van der Waals surface area contributed by atoms with Crippen molar-refractivity contribution in [3.63, 3.8) is 0 Å². The second kappa shape index (κ2) is 7.62. The second-order valence-corrected chi connectivity index (χ2v) is 7.61. The van der Waals surface area contributed by atoms with E-state index in [0.717, 1.165) is 6.07 Å². The number of anilines is 1. The van der Waals surface area contributed by atoms with E-state index in [2.05, 4.69) is 4.98 Å². The Morgan fingerprint density at radius 1 is 1.12 bits per heavy atom. The molecule has 6 nitrogen and oxygen atoms in total. The Balaban J connectivity index is 1.66. The van der Waals surface area contributed by atoms with Crippen molar-refractivity contribution in [2.24, 2.45) is 0 Å². The van der Waals surface area contributed by atoms with Crippen LogP contribution < -0.4 is 4.90 Å². The SMILES string of the molecule is O=C(C1=C(O)C(=O)N(c2ccc(F)c(Cl)c2)C1c1cccnc1)c1cc2ccccc2o1. The number of aromatic nitrogens is 1. The maximum atomic E-state index is 13.7. The predicted molar refractivity (Wildman–Crippen MR) is 116 cm³/mol. The first-order valence-electron chi connectivity index (χ1n) is 9.60. The number of pyridine rings is 1. The van der Waals surface area contributed by atoms with E-state index in [0.29, 0.717) is 16.5 Å². The van der Waals surface area contributed by atoms with Crippen molar-refractivity contribution in [1.82, 2.24) is 4.98 Å². The summed E-state index contributed by atoms with van der Waals surface area (Å²) in [5.41, 5.74) is 1.03. The number of rotatable bonds is 4. The summed E-state index contributed by atoms with van der Waals surface area (Å²) in [4.78, 5) is 31.8. The number of nitrogens with zero attached hydrogens (tertiary/aromatic N) is 2. The fraction of sp³-hybridized carbons (Fsp3) is 0.0417. The van der Waals surface area contributed by atoms with Gasteiger partial charge in [-0.25, -0.2) is 4.39 Å². The molecule has 0 bridgehead atoms. The van der Waals surface area contributed by atoms with Gasteiger partial charge in [0.05, 0.1) is 16.6 Å². The minimum atomic E-state index is -1.02. The van der Waals surface area contributed by atoms with Crippen LogP contribution in [-0.2, 0) is 4.79 Å². The van der Waals surface area contributed by atoms with Crippen molar-refractivity contribution < 1.29 is 23.5 Å². The van der Waals surface area contributed by atoms with Crippen LogP contribution in [-0.4, -0.2) is 21.8 Å². The summed E-state index contributed by atoms with van der Waals surface area (Å²) in [6.07, 6.45) is 3.03. The molecule has 2 aromatic carbocycles. The van der Waals surface area contributed by atoms with Crippen molar-refractivity contribution >= 4 is 39.9 Å². The number of benzene rings is 2. The number of carbonyl (C=O) groups is 2. The maximum Gasteiger partial charge on any atom is 0.294 e. The van der Waals surface area contributed by atoms with Gasteiger partial charge in [0.1, 0.15) is 11.4 Å². The number of fused-ring (bicyclic) bond motifs is 1. The molecule has 0 aliphatic carbocycles. The van der Waals surface area contributed by atoms with E-state index >= 15 is 0 Å². The van der Waals surface area contributed by atoms with E-state index in [1.807, 2.05) is 0 Å². The molecule has 1 unspecified atom stereocenters. The highest BCUT2D eigenvalue weighted by Crippen LogP contribution is 2.42. The van der Waals surface area contributed by atoms with Gasteiger partial charge in [-0.1, -0.05) is 35.9 Å². The number of aliphatic hydroxyl groups is 1. The van der Waals surface area contributed by atoms with Crippen LogP contribution in [0.3, 0.4) is 0 Å². The topological polar surface area (TPSA) is 83.6 Å². The smallest absolute Gasteiger partial charge is 0.294 e. The number of hydrogen-bond acceptors (Lipinski definition) is 5. The van der Waals surface area contributed by atoms with Crippen molar-refractivity contribution in [3.05, 3.63) is 107 Å². The van der Waals surface area contributed by atoms with Gasteiger partial charge in [-0.15, -0.1) is 0 Å². The van der Waals surface area contributed by atoms with E-state index in [1.54, 1.807) is 48.7 Å². The molecule has 2 aromatic heterocycles. The molecule has 0 spiro atoms. The molecule has 32 heavy (non-hydrogen) atoms. The number of para-hydroxylation sites is 1. The number of amides is 1. The summed E-state index contributed by atoms with van der Waals surface area (Å²) >= 11 is 5.93. The zero-order valence-corrected chi connectivity index (χ0v) is 17.1. The minimum Gasteiger partial charge on any atom is -0.503 e. The molecule has 0 saturated carbocycles. The van der Waals surface area contributed by atoms with E-state index in [4.69, 9.17) is 16.0 Å². The summed E-state index contributed by atoms with van der Waals surface area (Å²) < 4.78 is 19.4. The van der Waals surface area contributed by atoms with Crippen LogP contribution in [0.4, 0.5) is 10.1 Å². The second-order valence-electron chi connectivity index (χ2n) is 7.20. The third-order valence-corrected chi connectivity index (χ3v) is 5.57. The quantitative estimate of drug-likeness (QED) is 0.422. The highest BCUT2D eigenvalue weighted by Gasteiger charge is 2.45. The number of halogens is 2. The molecule has 1 atom stereocenters. The normalized spacial score (nSPS) is 16.2. The minimum absolute atomic E-state index is 0.0200. The zero-order chi connectivity index (χ0) is 22.4. The van der Waals surface area contributed by atoms with Crippen LogP contribution in [0.1, 0.15) is 22.2 Å². The Kier molecular flexibility index (Phi) is 4.75. The molecule has 1 aliphatic rings. The Hall–Kier alpha value is -3.97. The average Bonchev–Trinajstić information content (AvgIpc) is 3.35. The number of aliphatic hydroxyl groups excluding tert-OH is 1. The van der Waals surface area contributed by atoms with Gasteiger partial charge in [-0.2, -0.15) is 0 Å². The summed E-state index contributed by atoms with van der Waals surface area (Å²) in [5, 5.41) is 11.3. The van der Waals surface area contributed by atoms with Gasteiger partial charge in [0.2, 0.25) is 5.78 Å². The van der Waals surface area contributed by atoms with Crippen molar-refractivity contribution in [2.75, 3.05) is 4.90 Å². The molecule has 5 rings (SSSR count). The standard InChI is InChI=1S/C24H14ClFN2O4/c25-16-11-15(7-8-17(16)26)28-21(14-5-3-9-27-12-14)20(23(30)24(28)31)22(29)19-10-13-4-1-2-6-18(13)32-19/h1-12,21,30H.